The molecule has 0 radical (unpaired) electrons. The standard InChI is InChI=1S/C14H12BrN3O2S/c1-20-14(19)11-12(17)10(6-16)21-13(11)18-7-8-4-2-3-5-9(8)15/h2-5,18H,7,17H2,1H3. The van der Waals surface area contributed by atoms with Gasteiger partial charge in [-0.05, 0) is 11.6 Å². The Hall–Kier alpha value is -2.04. The number of carbonyl (C=O) groups excluding carboxylic acids is 1. The number of ether oxygens (including phenoxy) is 1. The van der Waals surface area contributed by atoms with E-state index in [1.165, 1.54) is 7.11 Å². The molecule has 0 unspecified atom stereocenters. The van der Waals surface area contributed by atoms with Crippen LogP contribution in [0, 0.1) is 11.3 Å². The van der Waals surface area contributed by atoms with Gasteiger partial charge in [-0.25, -0.2) is 4.79 Å². The average molecular weight is 366 g/mol. The van der Waals surface area contributed by atoms with E-state index in [0.717, 1.165) is 21.4 Å². The number of hydrogen-bond donors (Lipinski definition) is 2. The second kappa shape index (κ2) is 6.61. The minimum absolute atomic E-state index is 0.156. The van der Waals surface area contributed by atoms with Crippen molar-refractivity contribution in [2.45, 2.75) is 6.54 Å². The van der Waals surface area contributed by atoms with Crippen LogP contribution in [0.3, 0.4) is 0 Å². The summed E-state index contributed by atoms with van der Waals surface area (Å²) >= 11 is 4.60. The Morgan fingerprint density at radius 2 is 2.24 bits per heavy atom. The number of anilines is 2. The lowest BCUT2D eigenvalue weighted by molar-refractivity contribution is 0.0603. The average Bonchev–Trinajstić information content (AvgIpc) is 2.81. The molecule has 0 atom stereocenters. The SMILES string of the molecule is COC(=O)c1c(NCc2ccccc2Br)sc(C#N)c1N. The van der Waals surface area contributed by atoms with Crippen molar-refractivity contribution in [2.24, 2.45) is 0 Å². The normalized spacial score (nSPS) is 9.95. The highest BCUT2D eigenvalue weighted by Gasteiger charge is 2.22. The molecule has 0 saturated carbocycles. The van der Waals surface area contributed by atoms with Crippen LogP contribution in [0.4, 0.5) is 10.7 Å². The van der Waals surface area contributed by atoms with Gasteiger partial charge in [0.05, 0.1) is 12.8 Å². The number of benzene rings is 1. The number of halogens is 1. The fourth-order valence-electron chi connectivity index (χ4n) is 1.77. The maximum absolute atomic E-state index is 11.8. The van der Waals surface area contributed by atoms with E-state index >= 15 is 0 Å². The Labute approximate surface area is 134 Å². The summed E-state index contributed by atoms with van der Waals surface area (Å²) in [6.45, 7) is 0.496. The predicted molar refractivity (Wildman–Crippen MR) is 86.3 cm³/mol. The highest BCUT2D eigenvalue weighted by Crippen LogP contribution is 2.36. The van der Waals surface area contributed by atoms with Gasteiger partial charge in [0.15, 0.2) is 0 Å². The lowest BCUT2D eigenvalue weighted by atomic mass is 10.2. The third-order valence-corrected chi connectivity index (χ3v) is 4.67. The van der Waals surface area contributed by atoms with Gasteiger partial charge in [0.25, 0.3) is 0 Å². The molecule has 1 aromatic carbocycles. The van der Waals surface area contributed by atoms with Crippen molar-refractivity contribution in [2.75, 3.05) is 18.2 Å². The summed E-state index contributed by atoms with van der Waals surface area (Å²) in [7, 11) is 1.28. The van der Waals surface area contributed by atoms with Crippen molar-refractivity contribution in [3.8, 4) is 6.07 Å². The van der Waals surface area contributed by atoms with Gasteiger partial charge in [0, 0.05) is 11.0 Å². The Bertz CT molecular complexity index is 721. The Kier molecular flexibility index (Phi) is 4.83. The van der Waals surface area contributed by atoms with Gasteiger partial charge in [-0.15, -0.1) is 11.3 Å². The van der Waals surface area contributed by atoms with Crippen molar-refractivity contribution in [3.05, 3.63) is 44.7 Å². The number of esters is 1. The highest BCUT2D eigenvalue weighted by molar-refractivity contribution is 9.10. The molecular formula is C14H12BrN3O2S. The van der Waals surface area contributed by atoms with Crippen LogP contribution in [-0.2, 0) is 11.3 Å². The summed E-state index contributed by atoms with van der Waals surface area (Å²) in [5, 5.41) is 12.7. The summed E-state index contributed by atoms with van der Waals surface area (Å²) in [5.41, 5.74) is 7.22. The molecule has 0 spiro atoms. The molecular weight excluding hydrogens is 354 g/mol. The smallest absolute Gasteiger partial charge is 0.343 e. The first-order valence-corrected chi connectivity index (χ1v) is 7.57. The first kappa shape index (κ1) is 15.4. The van der Waals surface area contributed by atoms with E-state index in [2.05, 4.69) is 21.2 Å². The molecule has 2 aromatic rings. The highest BCUT2D eigenvalue weighted by atomic mass is 79.9. The molecule has 0 aliphatic heterocycles. The van der Waals surface area contributed by atoms with Crippen LogP contribution in [0.15, 0.2) is 28.7 Å². The zero-order chi connectivity index (χ0) is 15.4. The van der Waals surface area contributed by atoms with E-state index in [4.69, 9.17) is 15.7 Å². The number of rotatable bonds is 4. The Balaban J connectivity index is 2.30. The van der Waals surface area contributed by atoms with Gasteiger partial charge < -0.3 is 15.8 Å². The maximum Gasteiger partial charge on any atom is 0.343 e. The number of thiophene rings is 1. The summed E-state index contributed by atoms with van der Waals surface area (Å²) in [6, 6.07) is 9.71. The van der Waals surface area contributed by atoms with Gasteiger partial charge >= 0.3 is 5.97 Å². The first-order valence-electron chi connectivity index (χ1n) is 5.96. The number of carbonyl (C=O) groups is 1. The van der Waals surface area contributed by atoms with Crippen molar-refractivity contribution >= 4 is 43.9 Å². The van der Waals surface area contributed by atoms with E-state index in [0.29, 0.717) is 16.4 Å². The number of nitrogens with one attached hydrogen (secondary N) is 1. The Morgan fingerprint density at radius 1 is 1.52 bits per heavy atom. The predicted octanol–water partition coefficient (Wildman–Crippen LogP) is 3.36. The molecule has 0 amide bonds. The number of nitriles is 1. The molecule has 21 heavy (non-hydrogen) atoms. The molecule has 0 bridgehead atoms. The van der Waals surface area contributed by atoms with Gasteiger partial charge in [-0.3, -0.25) is 0 Å². The van der Waals surface area contributed by atoms with Crippen LogP contribution in [0.2, 0.25) is 0 Å². The molecule has 0 fully saturated rings. The monoisotopic (exact) mass is 365 g/mol. The summed E-state index contributed by atoms with van der Waals surface area (Å²) in [6.07, 6.45) is 0. The van der Waals surface area contributed by atoms with E-state index < -0.39 is 5.97 Å². The zero-order valence-electron chi connectivity index (χ0n) is 11.1. The summed E-state index contributed by atoms with van der Waals surface area (Å²) < 4.78 is 5.68. The van der Waals surface area contributed by atoms with Crippen LogP contribution in [-0.4, -0.2) is 13.1 Å². The van der Waals surface area contributed by atoms with E-state index in [9.17, 15) is 4.79 Å². The topological polar surface area (TPSA) is 88.1 Å². The molecule has 7 heteroatoms. The van der Waals surface area contributed by atoms with Gasteiger partial charge in [-0.2, -0.15) is 5.26 Å². The second-order valence-electron chi connectivity index (χ2n) is 4.10. The molecule has 108 valence electrons. The van der Waals surface area contributed by atoms with Crippen molar-refractivity contribution in [1.29, 1.82) is 5.26 Å². The van der Waals surface area contributed by atoms with Gasteiger partial charge in [-0.1, -0.05) is 34.1 Å². The summed E-state index contributed by atoms with van der Waals surface area (Å²) in [4.78, 5) is 12.1. The maximum atomic E-state index is 11.8. The number of nitrogens with two attached hydrogens (primary N) is 1. The van der Waals surface area contributed by atoms with Crippen LogP contribution >= 0.6 is 27.3 Å². The van der Waals surface area contributed by atoms with Gasteiger partial charge in [0.2, 0.25) is 0 Å². The van der Waals surface area contributed by atoms with E-state index in [-0.39, 0.29) is 11.3 Å². The number of methoxy groups -OCH3 is 1. The largest absolute Gasteiger partial charge is 0.465 e. The Morgan fingerprint density at radius 3 is 2.86 bits per heavy atom. The quantitative estimate of drug-likeness (QED) is 0.810. The summed E-state index contributed by atoms with van der Waals surface area (Å²) in [5.74, 6) is -0.556. The van der Waals surface area contributed by atoms with Crippen LogP contribution in [0.5, 0.6) is 0 Å². The zero-order valence-corrected chi connectivity index (χ0v) is 13.5. The van der Waals surface area contributed by atoms with Gasteiger partial charge in [0.1, 0.15) is 21.5 Å². The number of nitrogen functional groups attached to an aromatic ring is 1. The molecule has 1 heterocycles. The molecule has 0 aliphatic carbocycles. The fourth-order valence-corrected chi connectivity index (χ4v) is 3.10. The van der Waals surface area contributed by atoms with Crippen molar-refractivity contribution in [1.82, 2.24) is 0 Å². The van der Waals surface area contributed by atoms with E-state index in [1.54, 1.807) is 0 Å². The molecule has 0 saturated heterocycles. The number of nitrogens with zero attached hydrogens (tertiary/aromatic N) is 1. The second-order valence-corrected chi connectivity index (χ2v) is 5.97. The minimum atomic E-state index is -0.556. The van der Waals surface area contributed by atoms with Crippen LogP contribution < -0.4 is 11.1 Å². The first-order chi connectivity index (χ1) is 10.1. The number of hydrogen-bond acceptors (Lipinski definition) is 6. The minimum Gasteiger partial charge on any atom is -0.465 e. The molecule has 1 aromatic heterocycles. The third kappa shape index (κ3) is 3.17. The third-order valence-electron chi connectivity index (χ3n) is 2.83. The van der Waals surface area contributed by atoms with Crippen molar-refractivity contribution in [3.63, 3.8) is 0 Å². The van der Waals surface area contributed by atoms with Crippen molar-refractivity contribution < 1.29 is 9.53 Å². The van der Waals surface area contributed by atoms with E-state index in [1.807, 2.05) is 30.3 Å². The molecule has 0 aliphatic rings. The van der Waals surface area contributed by atoms with Crippen LogP contribution in [0.25, 0.3) is 0 Å². The lowest BCUT2D eigenvalue weighted by Gasteiger charge is -2.08. The molecule has 3 N–H and O–H groups in total. The molecule has 5 nitrogen and oxygen atoms in total. The fraction of sp³-hybridized carbons (Fsp3) is 0.143. The molecule has 2 rings (SSSR count). The van der Waals surface area contributed by atoms with Crippen LogP contribution in [0.1, 0.15) is 20.8 Å². The lowest BCUT2D eigenvalue weighted by Crippen LogP contribution is -2.08.